The van der Waals surface area contributed by atoms with Gasteiger partial charge < -0.3 is 15.0 Å². The highest BCUT2D eigenvalue weighted by atomic mass is 16.3. The first kappa shape index (κ1) is 18.1. The van der Waals surface area contributed by atoms with Crippen LogP contribution in [0.2, 0.25) is 0 Å². The third-order valence-electron chi connectivity index (χ3n) is 5.77. The van der Waals surface area contributed by atoms with E-state index in [0.29, 0.717) is 16.8 Å². The molecule has 0 spiro atoms. The molecule has 7 heteroatoms. The Hall–Kier alpha value is -3.92. The predicted octanol–water partition coefficient (Wildman–Crippen LogP) is 4.09. The van der Waals surface area contributed by atoms with Crippen molar-refractivity contribution in [2.24, 2.45) is 0 Å². The lowest BCUT2D eigenvalue weighted by molar-refractivity contribution is 0.471. The standard InChI is InChI=1S/C23H20N6O/c1-13-4-5-20(30)14(2)21(13)18-12-25-22-16(17(18)9-24)8-19(28-22)15-10-26-23(27-11-15)29-6-3-7-29/h4-5,8,10-12,30H,3,6-7H2,1-2H3,(H,25,28). The predicted molar refractivity (Wildman–Crippen MR) is 115 cm³/mol. The van der Waals surface area contributed by atoms with Gasteiger partial charge in [-0.25, -0.2) is 15.0 Å². The van der Waals surface area contributed by atoms with Crippen molar-refractivity contribution in [2.45, 2.75) is 20.3 Å². The molecule has 0 amide bonds. The number of anilines is 1. The number of pyridine rings is 1. The van der Waals surface area contributed by atoms with Crippen molar-refractivity contribution < 1.29 is 5.11 Å². The summed E-state index contributed by atoms with van der Waals surface area (Å²) in [6, 6.07) is 7.77. The molecule has 7 nitrogen and oxygen atoms in total. The van der Waals surface area contributed by atoms with Crippen molar-refractivity contribution in [2.75, 3.05) is 18.0 Å². The summed E-state index contributed by atoms with van der Waals surface area (Å²) >= 11 is 0. The molecule has 2 N–H and O–H groups in total. The van der Waals surface area contributed by atoms with E-state index in [2.05, 4.69) is 30.9 Å². The number of phenols is 1. The van der Waals surface area contributed by atoms with Gasteiger partial charge in [-0.2, -0.15) is 5.26 Å². The zero-order valence-electron chi connectivity index (χ0n) is 16.8. The zero-order valence-corrected chi connectivity index (χ0v) is 16.8. The fourth-order valence-electron chi connectivity index (χ4n) is 3.93. The molecule has 30 heavy (non-hydrogen) atoms. The van der Waals surface area contributed by atoms with Gasteiger partial charge in [0.25, 0.3) is 0 Å². The monoisotopic (exact) mass is 396 g/mol. The van der Waals surface area contributed by atoms with Gasteiger partial charge in [0.05, 0.1) is 11.3 Å². The number of hydrogen-bond acceptors (Lipinski definition) is 6. The minimum Gasteiger partial charge on any atom is -0.508 e. The van der Waals surface area contributed by atoms with E-state index in [1.165, 1.54) is 6.42 Å². The maximum absolute atomic E-state index is 10.2. The first-order chi connectivity index (χ1) is 14.6. The minimum atomic E-state index is 0.203. The van der Waals surface area contributed by atoms with Gasteiger partial charge in [-0.1, -0.05) is 6.07 Å². The number of aromatic hydroxyl groups is 1. The summed E-state index contributed by atoms with van der Waals surface area (Å²) in [6.07, 6.45) is 6.46. The van der Waals surface area contributed by atoms with Crippen LogP contribution in [0, 0.1) is 25.2 Å². The van der Waals surface area contributed by atoms with Crippen LogP contribution in [0.1, 0.15) is 23.1 Å². The van der Waals surface area contributed by atoms with Crippen LogP contribution in [0.4, 0.5) is 5.95 Å². The number of nitrogens with zero attached hydrogens (tertiary/aromatic N) is 5. The molecule has 1 aliphatic heterocycles. The Balaban J connectivity index is 1.62. The number of nitriles is 1. The molecule has 148 valence electrons. The molecular weight excluding hydrogens is 376 g/mol. The third-order valence-corrected chi connectivity index (χ3v) is 5.77. The summed E-state index contributed by atoms with van der Waals surface area (Å²) < 4.78 is 0. The van der Waals surface area contributed by atoms with E-state index in [4.69, 9.17) is 0 Å². The highest BCUT2D eigenvalue weighted by Crippen LogP contribution is 2.37. The Kier molecular flexibility index (Phi) is 4.14. The van der Waals surface area contributed by atoms with Crippen LogP contribution >= 0.6 is 0 Å². The summed E-state index contributed by atoms with van der Waals surface area (Å²) in [5.74, 6) is 0.947. The Labute approximate surface area is 173 Å². The molecule has 0 saturated carbocycles. The first-order valence-electron chi connectivity index (χ1n) is 9.85. The molecule has 4 aromatic rings. The SMILES string of the molecule is Cc1ccc(O)c(C)c1-c1cnc2[nH]c(-c3cnc(N4CCC4)nc3)cc2c1C#N. The van der Waals surface area contributed by atoms with E-state index in [1.807, 2.05) is 26.0 Å². The third kappa shape index (κ3) is 2.77. The van der Waals surface area contributed by atoms with Gasteiger partial charge in [0.2, 0.25) is 5.95 Å². The van der Waals surface area contributed by atoms with Gasteiger partial charge in [-0.3, -0.25) is 0 Å². The van der Waals surface area contributed by atoms with Crippen LogP contribution in [0.5, 0.6) is 5.75 Å². The number of nitrogens with one attached hydrogen (secondary N) is 1. The maximum Gasteiger partial charge on any atom is 0.225 e. The van der Waals surface area contributed by atoms with Crippen LogP contribution in [0.25, 0.3) is 33.4 Å². The molecule has 0 aliphatic carbocycles. The van der Waals surface area contributed by atoms with Gasteiger partial charge in [0.1, 0.15) is 17.5 Å². The van der Waals surface area contributed by atoms with Crippen molar-refractivity contribution in [3.63, 3.8) is 0 Å². The van der Waals surface area contributed by atoms with Crippen LogP contribution in [-0.4, -0.2) is 38.1 Å². The fraction of sp³-hybridized carbons (Fsp3) is 0.217. The van der Waals surface area contributed by atoms with Crippen LogP contribution in [0.3, 0.4) is 0 Å². The lowest BCUT2D eigenvalue weighted by Gasteiger charge is -2.30. The largest absolute Gasteiger partial charge is 0.508 e. The summed E-state index contributed by atoms with van der Waals surface area (Å²) in [5.41, 5.74) is 6.08. The van der Waals surface area contributed by atoms with Crippen LogP contribution < -0.4 is 4.90 Å². The van der Waals surface area contributed by atoms with Gasteiger partial charge in [-0.15, -0.1) is 0 Å². The second kappa shape index (κ2) is 6.85. The molecule has 1 saturated heterocycles. The smallest absolute Gasteiger partial charge is 0.225 e. The van der Waals surface area contributed by atoms with E-state index in [9.17, 15) is 10.4 Å². The van der Waals surface area contributed by atoms with Crippen molar-refractivity contribution in [3.05, 3.63) is 53.5 Å². The van der Waals surface area contributed by atoms with Crippen molar-refractivity contribution >= 4 is 17.0 Å². The number of hydrogen-bond donors (Lipinski definition) is 2. The number of aromatic amines is 1. The molecular formula is C23H20N6O. The van der Waals surface area contributed by atoms with Gasteiger partial charge in [0.15, 0.2) is 0 Å². The van der Waals surface area contributed by atoms with E-state index in [0.717, 1.165) is 52.4 Å². The second-order valence-corrected chi connectivity index (χ2v) is 7.62. The maximum atomic E-state index is 10.2. The zero-order chi connectivity index (χ0) is 20.8. The lowest BCUT2D eigenvalue weighted by atomic mass is 9.92. The van der Waals surface area contributed by atoms with E-state index in [-0.39, 0.29) is 5.75 Å². The molecule has 0 bridgehead atoms. The van der Waals surface area contributed by atoms with E-state index in [1.54, 1.807) is 24.7 Å². The first-order valence-corrected chi connectivity index (χ1v) is 9.85. The molecule has 1 aromatic carbocycles. The topological polar surface area (TPSA) is 102 Å². The number of H-pyrrole nitrogens is 1. The quantitative estimate of drug-likeness (QED) is 0.541. The fourth-order valence-corrected chi connectivity index (χ4v) is 3.93. The molecule has 1 aliphatic rings. The molecule has 4 heterocycles. The molecule has 5 rings (SSSR count). The second-order valence-electron chi connectivity index (χ2n) is 7.62. The van der Waals surface area contributed by atoms with Gasteiger partial charge in [-0.05, 0) is 49.1 Å². The summed E-state index contributed by atoms with van der Waals surface area (Å²) in [5, 5.41) is 20.9. The average molecular weight is 396 g/mol. The molecule has 0 radical (unpaired) electrons. The Morgan fingerprint density at radius 1 is 1.10 bits per heavy atom. The van der Waals surface area contributed by atoms with Crippen LogP contribution in [-0.2, 0) is 0 Å². The summed E-state index contributed by atoms with van der Waals surface area (Å²) in [4.78, 5) is 18.9. The number of benzene rings is 1. The minimum absolute atomic E-state index is 0.203. The lowest BCUT2D eigenvalue weighted by Crippen LogP contribution is -2.38. The van der Waals surface area contributed by atoms with Gasteiger partial charge in [0, 0.05) is 48.2 Å². The highest BCUT2D eigenvalue weighted by Gasteiger charge is 2.19. The number of fused-ring (bicyclic) bond motifs is 1. The summed E-state index contributed by atoms with van der Waals surface area (Å²) in [7, 11) is 0. The Bertz CT molecular complexity index is 1310. The van der Waals surface area contributed by atoms with Crippen molar-refractivity contribution in [1.29, 1.82) is 5.26 Å². The number of aromatic nitrogens is 4. The molecule has 3 aromatic heterocycles. The average Bonchev–Trinajstić information content (AvgIpc) is 3.14. The van der Waals surface area contributed by atoms with E-state index >= 15 is 0 Å². The van der Waals surface area contributed by atoms with Crippen molar-refractivity contribution in [1.82, 2.24) is 19.9 Å². The molecule has 1 fully saturated rings. The molecule has 0 atom stereocenters. The van der Waals surface area contributed by atoms with E-state index < -0.39 is 0 Å². The number of rotatable bonds is 3. The Morgan fingerprint density at radius 3 is 2.53 bits per heavy atom. The van der Waals surface area contributed by atoms with Crippen LogP contribution in [0.15, 0.2) is 36.8 Å². The summed E-state index contributed by atoms with van der Waals surface area (Å²) in [6.45, 7) is 5.81. The highest BCUT2D eigenvalue weighted by molar-refractivity contribution is 5.94. The van der Waals surface area contributed by atoms with Gasteiger partial charge >= 0.3 is 0 Å². The Morgan fingerprint density at radius 2 is 1.87 bits per heavy atom. The number of phenolic OH excluding ortho intramolecular Hbond substituents is 1. The normalized spacial score (nSPS) is 13.3. The van der Waals surface area contributed by atoms with Crippen molar-refractivity contribution in [3.8, 4) is 34.2 Å². The number of aryl methyl sites for hydroxylation is 1. The molecule has 0 unspecified atom stereocenters.